The van der Waals surface area contributed by atoms with Gasteiger partial charge in [0.25, 0.3) is 0 Å². The van der Waals surface area contributed by atoms with Crippen molar-refractivity contribution in [1.82, 2.24) is 0 Å². The molecule has 2 bridgehead atoms. The van der Waals surface area contributed by atoms with E-state index in [2.05, 4.69) is 0 Å². The summed E-state index contributed by atoms with van der Waals surface area (Å²) in [6, 6.07) is 8.01. The van der Waals surface area contributed by atoms with Gasteiger partial charge in [0, 0.05) is 46.6 Å². The highest BCUT2D eigenvalue weighted by Crippen LogP contribution is 2.67. The van der Waals surface area contributed by atoms with Gasteiger partial charge in [-0.1, -0.05) is 25.1 Å². The zero-order chi connectivity index (χ0) is 38.0. The van der Waals surface area contributed by atoms with E-state index in [-0.39, 0.29) is 23.1 Å². The first-order valence-electron chi connectivity index (χ1n) is 16.8. The van der Waals surface area contributed by atoms with Crippen LogP contribution < -0.4 is 0 Å². The molecule has 51 heavy (non-hydrogen) atoms. The molecule has 1 aromatic rings. The number of carbonyl (C=O) groups excluding carboxylic acids is 7. The van der Waals surface area contributed by atoms with Crippen LogP contribution in [0, 0.1) is 22.7 Å². The summed E-state index contributed by atoms with van der Waals surface area (Å²) in [4.78, 5) is 93.2. The van der Waals surface area contributed by atoms with Crippen molar-refractivity contribution in [2.24, 2.45) is 22.7 Å². The summed E-state index contributed by atoms with van der Waals surface area (Å²) < 4.78 is 36.2. The number of Topliss-reactive ketones (excluding diaryl/α,β-unsaturated/α-hetero) is 1. The summed E-state index contributed by atoms with van der Waals surface area (Å²) in [7, 11) is 0. The van der Waals surface area contributed by atoms with Crippen LogP contribution in [0.15, 0.2) is 41.5 Å². The molecule has 0 spiro atoms. The Kier molecular flexibility index (Phi) is 9.51. The monoisotopic (exact) mass is 712 g/mol. The van der Waals surface area contributed by atoms with Gasteiger partial charge in [0.2, 0.25) is 0 Å². The van der Waals surface area contributed by atoms with Crippen LogP contribution in [0.25, 0.3) is 0 Å². The fourth-order valence-corrected chi connectivity index (χ4v) is 9.30. The van der Waals surface area contributed by atoms with E-state index in [4.69, 9.17) is 28.4 Å². The van der Waals surface area contributed by atoms with E-state index < -0.39 is 112 Å². The highest BCUT2D eigenvalue weighted by atomic mass is 16.6. The minimum absolute atomic E-state index is 0.0119. The molecule has 0 unspecified atom stereocenters. The SMILES string of the molecule is CC(=O)O[C@@H]1[C@H]2[C@@H](OC(=O)c3ccccc3)[C@@H](C)C[C@]2(O)[C@@H](OC(C)=O)[C@@]2(C)C3=C(C[C@]1(OC(C)=O)[C@@H]2OC(C)=O)C(=O)C(C)(C)[C@H]3OC(C)=O. The minimum atomic E-state index is -2.29. The van der Waals surface area contributed by atoms with E-state index in [1.807, 2.05) is 0 Å². The number of aliphatic hydroxyl groups is 1. The molecule has 0 aromatic heterocycles. The Morgan fingerprint density at radius 3 is 1.82 bits per heavy atom. The summed E-state index contributed by atoms with van der Waals surface area (Å²) in [5, 5.41) is 13.2. The third-order valence-electron chi connectivity index (χ3n) is 10.8. The minimum Gasteiger partial charge on any atom is -0.458 e. The second-order valence-electron chi connectivity index (χ2n) is 14.9. The predicted octanol–water partition coefficient (Wildman–Crippen LogP) is 2.96. The molecule has 2 saturated carbocycles. The maximum absolute atomic E-state index is 14.5. The second kappa shape index (κ2) is 12.9. The van der Waals surface area contributed by atoms with Crippen molar-refractivity contribution in [2.45, 2.75) is 117 Å². The molecule has 0 aliphatic heterocycles. The smallest absolute Gasteiger partial charge is 0.338 e. The Balaban J connectivity index is 1.92. The lowest BCUT2D eigenvalue weighted by atomic mass is 9.58. The Bertz CT molecular complexity index is 1710. The lowest BCUT2D eigenvalue weighted by Crippen LogP contribution is -2.68. The van der Waals surface area contributed by atoms with Crippen molar-refractivity contribution in [3.8, 4) is 0 Å². The highest BCUT2D eigenvalue weighted by molar-refractivity contribution is 6.05. The van der Waals surface area contributed by atoms with Crippen LogP contribution in [0.1, 0.15) is 85.5 Å². The van der Waals surface area contributed by atoms with Crippen molar-refractivity contribution in [3.63, 3.8) is 0 Å². The van der Waals surface area contributed by atoms with Gasteiger partial charge in [-0.15, -0.1) is 0 Å². The Hall–Kier alpha value is -4.59. The number of esters is 6. The van der Waals surface area contributed by atoms with Gasteiger partial charge < -0.3 is 33.5 Å². The van der Waals surface area contributed by atoms with Crippen LogP contribution in [0.5, 0.6) is 0 Å². The number of hydrogen-bond donors (Lipinski definition) is 1. The zero-order valence-electron chi connectivity index (χ0n) is 30.1. The fraction of sp³-hybridized carbons (Fsp3) is 0.595. The van der Waals surface area contributed by atoms with Gasteiger partial charge in [-0.3, -0.25) is 28.8 Å². The van der Waals surface area contributed by atoms with Crippen molar-refractivity contribution in [3.05, 3.63) is 47.0 Å². The molecule has 1 aromatic carbocycles. The first kappa shape index (κ1) is 37.7. The molecule has 0 amide bonds. The first-order chi connectivity index (χ1) is 23.6. The van der Waals surface area contributed by atoms with E-state index in [1.165, 1.54) is 19.1 Å². The third kappa shape index (κ3) is 5.90. The zero-order valence-corrected chi connectivity index (χ0v) is 30.1. The first-order valence-corrected chi connectivity index (χ1v) is 16.8. The molecule has 10 atom stereocenters. The summed E-state index contributed by atoms with van der Waals surface area (Å²) in [6.45, 7) is 11.7. The quantitative estimate of drug-likeness (QED) is 0.320. The molecule has 0 radical (unpaired) electrons. The molecule has 14 nitrogen and oxygen atoms in total. The fourth-order valence-electron chi connectivity index (χ4n) is 9.30. The molecule has 0 saturated heterocycles. The molecular formula is C37H44O14. The van der Waals surface area contributed by atoms with Gasteiger partial charge in [-0.05, 0) is 50.8 Å². The van der Waals surface area contributed by atoms with Crippen LogP contribution in [0.3, 0.4) is 0 Å². The van der Waals surface area contributed by atoms with Gasteiger partial charge in [0.05, 0.1) is 22.3 Å². The highest BCUT2D eigenvalue weighted by Gasteiger charge is 2.81. The maximum Gasteiger partial charge on any atom is 0.338 e. The molecule has 276 valence electrons. The van der Waals surface area contributed by atoms with E-state index in [1.54, 1.807) is 39.0 Å². The molecule has 14 heteroatoms. The topological polar surface area (TPSA) is 195 Å². The van der Waals surface area contributed by atoms with Gasteiger partial charge in [-0.25, -0.2) is 4.79 Å². The molecule has 2 fully saturated rings. The van der Waals surface area contributed by atoms with Crippen molar-refractivity contribution in [2.75, 3.05) is 0 Å². The van der Waals surface area contributed by atoms with E-state index in [0.29, 0.717) is 0 Å². The number of fused-ring (bicyclic) bond motifs is 4. The molecule has 4 aliphatic carbocycles. The lowest BCUT2D eigenvalue weighted by molar-refractivity contribution is -0.239. The number of rotatable bonds is 7. The third-order valence-corrected chi connectivity index (χ3v) is 10.8. The Morgan fingerprint density at radius 1 is 0.745 bits per heavy atom. The van der Waals surface area contributed by atoms with Crippen LogP contribution in [0.4, 0.5) is 0 Å². The van der Waals surface area contributed by atoms with E-state index in [9.17, 15) is 38.7 Å². The van der Waals surface area contributed by atoms with Gasteiger partial charge in [0.15, 0.2) is 23.6 Å². The standard InChI is InChI=1S/C37H44O14/c1-17-15-36(45)26(27(17)50-31(44)23-13-11-10-12-14-23)30(47-19(3)39)37(51-22(6)42)16-24-25(29(46-18(2)38)34(7,8)28(24)43)35(9,32(36)48-20(4)40)33(37)49-21(5)41/h10-14,17,26-27,29-30,32-33,45H,15-16H2,1-9H3/t17-,26+,27-,29-,30+,32-,33+,35+,36+,37+/m0/s1. The average Bonchev–Trinajstić information content (AvgIpc) is 3.36. The average molecular weight is 713 g/mol. The molecular weight excluding hydrogens is 668 g/mol. The van der Waals surface area contributed by atoms with Crippen molar-refractivity contribution in [1.29, 1.82) is 0 Å². The van der Waals surface area contributed by atoms with Gasteiger partial charge >= 0.3 is 35.8 Å². The van der Waals surface area contributed by atoms with Crippen LogP contribution in [-0.4, -0.2) is 88.4 Å². The number of hydrogen-bond acceptors (Lipinski definition) is 14. The number of ether oxygens (including phenoxy) is 6. The summed E-state index contributed by atoms with van der Waals surface area (Å²) >= 11 is 0. The number of benzene rings is 1. The van der Waals surface area contributed by atoms with Crippen LogP contribution >= 0.6 is 0 Å². The summed E-state index contributed by atoms with van der Waals surface area (Å²) in [5.41, 5.74) is -7.79. The van der Waals surface area contributed by atoms with E-state index in [0.717, 1.165) is 34.6 Å². The van der Waals surface area contributed by atoms with Gasteiger partial charge in [0.1, 0.15) is 23.9 Å². The lowest BCUT2D eigenvalue weighted by Gasteiger charge is -2.54. The normalized spacial score (nSPS) is 36.1. The second-order valence-corrected chi connectivity index (χ2v) is 14.9. The molecule has 5 rings (SSSR count). The largest absolute Gasteiger partial charge is 0.458 e. The van der Waals surface area contributed by atoms with Crippen LogP contribution in [0.2, 0.25) is 0 Å². The number of carbonyl (C=O) groups is 7. The Labute approximate surface area is 295 Å². The summed E-state index contributed by atoms with van der Waals surface area (Å²) in [6.07, 6.45) is -8.67. The van der Waals surface area contributed by atoms with Crippen LogP contribution in [-0.2, 0) is 57.2 Å². The molecule has 0 heterocycles. The molecule has 1 N–H and O–H groups in total. The van der Waals surface area contributed by atoms with Gasteiger partial charge in [-0.2, -0.15) is 0 Å². The predicted molar refractivity (Wildman–Crippen MR) is 173 cm³/mol. The van der Waals surface area contributed by atoms with Crippen molar-refractivity contribution < 1.29 is 67.1 Å². The van der Waals surface area contributed by atoms with E-state index >= 15 is 0 Å². The molecule has 4 aliphatic rings. The number of ketones is 1. The maximum atomic E-state index is 14.5. The van der Waals surface area contributed by atoms with Crippen molar-refractivity contribution >= 4 is 41.6 Å². The summed E-state index contributed by atoms with van der Waals surface area (Å²) in [5.74, 6) is -7.93. The Morgan fingerprint density at radius 2 is 1.29 bits per heavy atom.